The van der Waals surface area contributed by atoms with E-state index in [-0.39, 0.29) is 30.0 Å². The molecule has 1 aliphatic heterocycles. The van der Waals surface area contributed by atoms with Crippen LogP contribution in [-0.2, 0) is 21.2 Å². The van der Waals surface area contributed by atoms with Gasteiger partial charge in [-0.05, 0) is 31.3 Å². The number of nitrogens with zero attached hydrogens (tertiary/aromatic N) is 2. The maximum Gasteiger partial charge on any atom is 0.236 e. The number of thiophene rings is 1. The summed E-state index contributed by atoms with van der Waals surface area (Å²) in [5, 5.41) is 4.80. The zero-order valence-electron chi connectivity index (χ0n) is 14.9. The van der Waals surface area contributed by atoms with Crippen molar-refractivity contribution >= 4 is 27.1 Å². The summed E-state index contributed by atoms with van der Waals surface area (Å²) < 4.78 is 28.7. The summed E-state index contributed by atoms with van der Waals surface area (Å²) in [7, 11) is -3.00. The van der Waals surface area contributed by atoms with E-state index in [1.807, 2.05) is 36.3 Å². The van der Waals surface area contributed by atoms with Gasteiger partial charge in [0.05, 0.1) is 28.6 Å². The first-order valence-electron chi connectivity index (χ1n) is 8.58. The van der Waals surface area contributed by atoms with Crippen molar-refractivity contribution in [1.29, 1.82) is 0 Å². The van der Waals surface area contributed by atoms with Gasteiger partial charge in [-0.15, -0.1) is 11.3 Å². The molecule has 9 heteroatoms. The molecule has 0 radical (unpaired) electrons. The molecule has 0 unspecified atom stereocenters. The van der Waals surface area contributed by atoms with Crippen LogP contribution in [0.1, 0.15) is 24.8 Å². The second-order valence-corrected chi connectivity index (χ2v) is 9.65. The van der Waals surface area contributed by atoms with Crippen molar-refractivity contribution < 1.29 is 17.6 Å². The number of oxazole rings is 1. The topological polar surface area (TPSA) is 92.5 Å². The average molecular weight is 398 g/mol. The Bertz CT molecular complexity index is 859. The first-order chi connectivity index (χ1) is 12.4. The van der Waals surface area contributed by atoms with Gasteiger partial charge in [0.25, 0.3) is 0 Å². The lowest BCUT2D eigenvalue weighted by Crippen LogP contribution is -2.42. The summed E-state index contributed by atoms with van der Waals surface area (Å²) in [5.74, 6) is 1.38. The summed E-state index contributed by atoms with van der Waals surface area (Å²) in [6, 6.07) is 3.64. The van der Waals surface area contributed by atoms with Crippen molar-refractivity contribution in [2.45, 2.75) is 32.9 Å². The van der Waals surface area contributed by atoms with E-state index in [4.69, 9.17) is 4.42 Å². The van der Waals surface area contributed by atoms with E-state index in [0.717, 1.165) is 16.3 Å². The number of likely N-dealkylation sites (N-methyl/N-ethyl adjacent to an activating group) is 1. The zero-order valence-corrected chi connectivity index (χ0v) is 16.5. The molecule has 3 heterocycles. The van der Waals surface area contributed by atoms with Gasteiger partial charge in [-0.2, -0.15) is 0 Å². The molecule has 1 fully saturated rings. The highest BCUT2D eigenvalue weighted by Crippen LogP contribution is 2.26. The van der Waals surface area contributed by atoms with Gasteiger partial charge in [-0.1, -0.05) is 13.0 Å². The second kappa shape index (κ2) is 7.89. The van der Waals surface area contributed by atoms with E-state index >= 15 is 0 Å². The Balaban J connectivity index is 1.58. The Morgan fingerprint density at radius 3 is 2.92 bits per heavy atom. The van der Waals surface area contributed by atoms with Gasteiger partial charge in [-0.3, -0.25) is 9.69 Å². The molecule has 0 aromatic carbocycles. The van der Waals surface area contributed by atoms with E-state index < -0.39 is 9.84 Å². The fourth-order valence-electron chi connectivity index (χ4n) is 2.96. The molecular weight excluding hydrogens is 374 g/mol. The first-order valence-corrected chi connectivity index (χ1v) is 11.3. The highest BCUT2D eigenvalue weighted by Gasteiger charge is 2.29. The molecule has 2 aromatic heterocycles. The number of hydrogen-bond donors (Lipinski definition) is 1. The summed E-state index contributed by atoms with van der Waals surface area (Å²) in [6.45, 7) is 5.23. The number of nitrogens with one attached hydrogen (secondary N) is 1. The molecule has 0 bridgehead atoms. The smallest absolute Gasteiger partial charge is 0.236 e. The number of rotatable bonds is 7. The van der Waals surface area contributed by atoms with Crippen molar-refractivity contribution in [2.75, 3.05) is 24.6 Å². The van der Waals surface area contributed by atoms with E-state index in [9.17, 15) is 13.2 Å². The van der Waals surface area contributed by atoms with Gasteiger partial charge in [0.2, 0.25) is 11.8 Å². The Morgan fingerprint density at radius 2 is 2.31 bits per heavy atom. The average Bonchev–Trinajstić information content (AvgIpc) is 3.28. The molecule has 0 saturated carbocycles. The molecule has 1 N–H and O–H groups in total. The third-order valence-corrected chi connectivity index (χ3v) is 7.04. The van der Waals surface area contributed by atoms with Gasteiger partial charge >= 0.3 is 0 Å². The molecular formula is C17H23N3O4S2. The molecule has 1 aliphatic rings. The molecule has 0 aliphatic carbocycles. The predicted molar refractivity (Wildman–Crippen MR) is 101 cm³/mol. The van der Waals surface area contributed by atoms with Crippen LogP contribution in [-0.4, -0.2) is 54.8 Å². The van der Waals surface area contributed by atoms with Crippen LogP contribution in [0, 0.1) is 6.92 Å². The number of carbonyl (C=O) groups excluding carboxylic acids is 1. The second-order valence-electron chi connectivity index (χ2n) is 6.47. The van der Waals surface area contributed by atoms with Crippen molar-refractivity contribution in [2.24, 2.45) is 0 Å². The number of sulfone groups is 1. The van der Waals surface area contributed by atoms with E-state index in [0.29, 0.717) is 25.4 Å². The number of hydrogen-bond acceptors (Lipinski definition) is 7. The fourth-order valence-corrected chi connectivity index (χ4v) is 5.28. The number of amides is 1. The summed E-state index contributed by atoms with van der Waals surface area (Å²) in [5.41, 5.74) is 0.812. The van der Waals surface area contributed by atoms with Gasteiger partial charge in [0.1, 0.15) is 5.76 Å². The standard InChI is InChI=1S/C17H23N3O4S2/c1-3-20(10-16(21)18-13-6-8-26(22,23)11-13)9-14-12(2)24-17(19-14)15-5-4-7-25-15/h4-5,7,13H,3,6,8-11H2,1-2H3,(H,18,21)/t13-/m0/s1. The maximum absolute atomic E-state index is 12.3. The Labute approximate surface area is 157 Å². The molecule has 1 amide bonds. The quantitative estimate of drug-likeness (QED) is 0.766. The normalized spacial score (nSPS) is 19.1. The van der Waals surface area contributed by atoms with E-state index in [1.165, 1.54) is 0 Å². The lowest BCUT2D eigenvalue weighted by Gasteiger charge is -2.20. The SMILES string of the molecule is CCN(CC(=O)N[C@H]1CCS(=O)(=O)C1)Cc1nc(-c2cccs2)oc1C. The first kappa shape index (κ1) is 19.1. The minimum absolute atomic E-state index is 0.0391. The van der Waals surface area contributed by atoms with Crippen molar-refractivity contribution in [1.82, 2.24) is 15.2 Å². The van der Waals surface area contributed by atoms with Crippen LogP contribution >= 0.6 is 11.3 Å². The molecule has 1 saturated heterocycles. The minimum atomic E-state index is -3.00. The van der Waals surface area contributed by atoms with Gasteiger partial charge in [0, 0.05) is 12.6 Å². The number of aryl methyl sites for hydroxylation is 1. The van der Waals surface area contributed by atoms with Crippen LogP contribution < -0.4 is 5.32 Å². The number of aromatic nitrogens is 1. The maximum atomic E-state index is 12.3. The predicted octanol–water partition coefficient (Wildman–Crippen LogP) is 1.84. The lowest BCUT2D eigenvalue weighted by molar-refractivity contribution is -0.122. The number of carbonyl (C=O) groups is 1. The van der Waals surface area contributed by atoms with Gasteiger partial charge in [-0.25, -0.2) is 13.4 Å². The minimum Gasteiger partial charge on any atom is -0.440 e. The summed E-state index contributed by atoms with van der Waals surface area (Å²) in [4.78, 5) is 19.8. The zero-order chi connectivity index (χ0) is 18.7. The fraction of sp³-hybridized carbons (Fsp3) is 0.529. The highest BCUT2D eigenvalue weighted by molar-refractivity contribution is 7.91. The molecule has 2 aromatic rings. The van der Waals surface area contributed by atoms with Crippen LogP contribution in [0.3, 0.4) is 0 Å². The summed E-state index contributed by atoms with van der Waals surface area (Å²) >= 11 is 1.57. The van der Waals surface area contributed by atoms with Crippen molar-refractivity contribution in [3.05, 3.63) is 29.0 Å². The molecule has 1 atom stereocenters. The Kier molecular flexibility index (Phi) is 5.79. The van der Waals surface area contributed by atoms with Crippen LogP contribution in [0.15, 0.2) is 21.9 Å². The molecule has 26 heavy (non-hydrogen) atoms. The van der Waals surface area contributed by atoms with E-state index in [1.54, 1.807) is 11.3 Å². The third-order valence-electron chi connectivity index (χ3n) is 4.41. The monoisotopic (exact) mass is 397 g/mol. The van der Waals surface area contributed by atoms with Crippen molar-refractivity contribution in [3.63, 3.8) is 0 Å². The van der Waals surface area contributed by atoms with Gasteiger partial charge in [0.15, 0.2) is 9.84 Å². The molecule has 7 nitrogen and oxygen atoms in total. The Morgan fingerprint density at radius 1 is 1.50 bits per heavy atom. The molecule has 0 spiro atoms. The van der Waals surface area contributed by atoms with Crippen LogP contribution in [0.5, 0.6) is 0 Å². The van der Waals surface area contributed by atoms with Crippen LogP contribution in [0.4, 0.5) is 0 Å². The van der Waals surface area contributed by atoms with Crippen molar-refractivity contribution in [3.8, 4) is 10.8 Å². The highest BCUT2D eigenvalue weighted by atomic mass is 32.2. The summed E-state index contributed by atoms with van der Waals surface area (Å²) in [6.07, 6.45) is 0.493. The molecule has 142 valence electrons. The third kappa shape index (κ3) is 4.72. The van der Waals surface area contributed by atoms with Crippen LogP contribution in [0.25, 0.3) is 10.8 Å². The largest absolute Gasteiger partial charge is 0.440 e. The lowest BCUT2D eigenvalue weighted by atomic mass is 10.2. The van der Waals surface area contributed by atoms with E-state index in [2.05, 4.69) is 10.3 Å². The van der Waals surface area contributed by atoms with Crippen LogP contribution in [0.2, 0.25) is 0 Å². The Hall–Kier alpha value is -1.71. The van der Waals surface area contributed by atoms with Gasteiger partial charge < -0.3 is 9.73 Å². The molecule has 3 rings (SSSR count).